The molecule has 1 aromatic heterocycles. The second-order valence-electron chi connectivity index (χ2n) is 6.09. The summed E-state index contributed by atoms with van der Waals surface area (Å²) >= 11 is 6.20. The molecule has 1 saturated heterocycles. The van der Waals surface area contributed by atoms with Crippen LogP contribution in [0.3, 0.4) is 0 Å². The Bertz CT molecular complexity index is 851. The first-order valence-corrected chi connectivity index (χ1v) is 7.91. The molecular weight excluding hydrogens is 333 g/mol. The third kappa shape index (κ3) is 2.10. The molecule has 1 aromatic carbocycles. The molecule has 0 bridgehead atoms. The van der Waals surface area contributed by atoms with Gasteiger partial charge >= 0.3 is 6.03 Å². The summed E-state index contributed by atoms with van der Waals surface area (Å²) in [4.78, 5) is 29.3. The predicted octanol–water partition coefficient (Wildman–Crippen LogP) is 3.25. The zero-order valence-corrected chi connectivity index (χ0v) is 13.3. The molecule has 0 unspecified atom stereocenters. The van der Waals surface area contributed by atoms with Crippen LogP contribution in [-0.4, -0.2) is 22.5 Å². The van der Waals surface area contributed by atoms with E-state index in [4.69, 9.17) is 11.6 Å². The minimum Gasteiger partial charge on any atom is -0.323 e. The van der Waals surface area contributed by atoms with Gasteiger partial charge in [-0.15, -0.1) is 0 Å². The van der Waals surface area contributed by atoms with Crippen molar-refractivity contribution in [3.8, 4) is 0 Å². The van der Waals surface area contributed by atoms with E-state index in [1.807, 2.05) is 18.2 Å². The van der Waals surface area contributed by atoms with Crippen molar-refractivity contribution in [1.82, 2.24) is 10.3 Å². The maximum atomic E-state index is 13.9. The SMILES string of the molecule is O=C1NC2(CC(c3ccccc3Cl)C2)C(=O)N1c1cccnc1F. The molecule has 2 heterocycles. The van der Waals surface area contributed by atoms with Crippen LogP contribution >= 0.6 is 11.6 Å². The maximum Gasteiger partial charge on any atom is 0.329 e. The lowest BCUT2D eigenvalue weighted by Gasteiger charge is -2.43. The van der Waals surface area contributed by atoms with Gasteiger partial charge in [-0.3, -0.25) is 4.79 Å². The van der Waals surface area contributed by atoms with Crippen molar-refractivity contribution < 1.29 is 14.0 Å². The number of anilines is 1. The van der Waals surface area contributed by atoms with Crippen LogP contribution in [0.1, 0.15) is 24.3 Å². The van der Waals surface area contributed by atoms with E-state index in [9.17, 15) is 14.0 Å². The highest BCUT2D eigenvalue weighted by atomic mass is 35.5. The van der Waals surface area contributed by atoms with Crippen molar-refractivity contribution in [1.29, 1.82) is 0 Å². The minimum absolute atomic E-state index is 0.0849. The van der Waals surface area contributed by atoms with Gasteiger partial charge < -0.3 is 5.32 Å². The normalized spacial score (nSPS) is 25.8. The molecule has 7 heteroatoms. The fourth-order valence-corrected chi connectivity index (χ4v) is 3.76. The summed E-state index contributed by atoms with van der Waals surface area (Å²) in [6, 6.07) is 9.67. The van der Waals surface area contributed by atoms with Crippen LogP contribution in [0.15, 0.2) is 42.6 Å². The van der Waals surface area contributed by atoms with Crippen LogP contribution in [0.25, 0.3) is 0 Å². The van der Waals surface area contributed by atoms with Gasteiger partial charge in [-0.1, -0.05) is 29.8 Å². The van der Waals surface area contributed by atoms with Gasteiger partial charge in [0.15, 0.2) is 0 Å². The lowest BCUT2D eigenvalue weighted by Crippen LogP contribution is -2.56. The monoisotopic (exact) mass is 345 g/mol. The molecule has 3 amide bonds. The summed E-state index contributed by atoms with van der Waals surface area (Å²) in [7, 11) is 0. The fraction of sp³-hybridized carbons (Fsp3) is 0.235. The Morgan fingerprint density at radius 2 is 1.96 bits per heavy atom. The van der Waals surface area contributed by atoms with Gasteiger partial charge in [-0.2, -0.15) is 4.39 Å². The van der Waals surface area contributed by atoms with Crippen molar-refractivity contribution in [2.45, 2.75) is 24.3 Å². The zero-order valence-electron chi connectivity index (χ0n) is 12.5. The zero-order chi connectivity index (χ0) is 16.9. The van der Waals surface area contributed by atoms with Crippen LogP contribution in [0, 0.1) is 5.95 Å². The molecule has 0 atom stereocenters. The summed E-state index contributed by atoms with van der Waals surface area (Å²) in [6.45, 7) is 0. The number of amides is 3. The predicted molar refractivity (Wildman–Crippen MR) is 86.4 cm³/mol. The third-order valence-corrected chi connectivity index (χ3v) is 5.02. The largest absolute Gasteiger partial charge is 0.329 e. The van der Waals surface area contributed by atoms with Gasteiger partial charge in [-0.05, 0) is 42.5 Å². The summed E-state index contributed by atoms with van der Waals surface area (Å²) < 4.78 is 13.9. The third-order valence-electron chi connectivity index (χ3n) is 4.68. The first kappa shape index (κ1) is 15.1. The van der Waals surface area contributed by atoms with Gasteiger partial charge in [-0.25, -0.2) is 14.7 Å². The summed E-state index contributed by atoms with van der Waals surface area (Å²) in [6.07, 6.45) is 2.16. The van der Waals surface area contributed by atoms with Crippen molar-refractivity contribution >= 4 is 29.2 Å². The van der Waals surface area contributed by atoms with E-state index in [-0.39, 0.29) is 11.6 Å². The standard InChI is InChI=1S/C17H13ClFN3O2/c18-12-5-2-1-4-11(12)10-8-17(9-10)15(23)22(16(24)21-17)13-6-3-7-20-14(13)19/h1-7,10H,8-9H2,(H,21,24). The van der Waals surface area contributed by atoms with Gasteiger partial charge in [0.05, 0.1) is 0 Å². The number of benzene rings is 1. The Hall–Kier alpha value is -2.47. The highest BCUT2D eigenvalue weighted by Gasteiger charge is 2.59. The number of carbonyl (C=O) groups is 2. The molecule has 1 aliphatic heterocycles. The number of nitrogens with one attached hydrogen (secondary N) is 1. The second-order valence-corrected chi connectivity index (χ2v) is 6.50. The van der Waals surface area contributed by atoms with Gasteiger partial charge in [0.1, 0.15) is 11.2 Å². The van der Waals surface area contributed by atoms with Crippen LogP contribution in [0.5, 0.6) is 0 Å². The van der Waals surface area contributed by atoms with E-state index >= 15 is 0 Å². The van der Waals surface area contributed by atoms with Crippen LogP contribution < -0.4 is 10.2 Å². The van der Waals surface area contributed by atoms with E-state index in [0.717, 1.165) is 10.5 Å². The number of carbonyl (C=O) groups excluding carboxylic acids is 2. The quantitative estimate of drug-likeness (QED) is 0.671. The molecule has 122 valence electrons. The number of imide groups is 1. The molecular formula is C17H13ClFN3O2. The summed E-state index contributed by atoms with van der Waals surface area (Å²) in [5.41, 5.74) is -0.153. The van der Waals surface area contributed by atoms with E-state index < -0.39 is 23.4 Å². The van der Waals surface area contributed by atoms with Crippen molar-refractivity contribution in [2.24, 2.45) is 0 Å². The van der Waals surface area contributed by atoms with Gasteiger partial charge in [0.25, 0.3) is 5.91 Å². The molecule has 24 heavy (non-hydrogen) atoms. The molecule has 1 aliphatic carbocycles. The van der Waals surface area contributed by atoms with Crippen LogP contribution in [-0.2, 0) is 4.79 Å². The van der Waals surface area contributed by atoms with Crippen molar-refractivity contribution in [3.63, 3.8) is 0 Å². The smallest absolute Gasteiger partial charge is 0.323 e. The van der Waals surface area contributed by atoms with E-state index in [0.29, 0.717) is 17.9 Å². The Labute approximate surface area is 142 Å². The second kappa shape index (κ2) is 5.27. The van der Waals surface area contributed by atoms with Crippen LogP contribution in [0.4, 0.5) is 14.9 Å². The van der Waals surface area contributed by atoms with E-state index in [1.54, 1.807) is 6.07 Å². The highest BCUT2D eigenvalue weighted by molar-refractivity contribution is 6.31. The molecule has 2 fully saturated rings. The number of hydrogen-bond acceptors (Lipinski definition) is 3. The van der Waals surface area contributed by atoms with E-state index in [2.05, 4.69) is 10.3 Å². The number of hydrogen-bond donors (Lipinski definition) is 1. The Morgan fingerprint density at radius 1 is 1.21 bits per heavy atom. The van der Waals surface area contributed by atoms with Crippen molar-refractivity contribution in [2.75, 3.05) is 4.90 Å². The average molecular weight is 346 g/mol. The maximum absolute atomic E-state index is 13.9. The molecule has 1 N–H and O–H groups in total. The number of rotatable bonds is 2. The number of pyridine rings is 1. The highest BCUT2D eigenvalue weighted by Crippen LogP contribution is 2.49. The van der Waals surface area contributed by atoms with E-state index in [1.165, 1.54) is 18.3 Å². The summed E-state index contributed by atoms with van der Waals surface area (Å²) in [5.74, 6) is -1.20. The average Bonchev–Trinajstić information content (AvgIpc) is 2.79. The fourth-order valence-electron chi connectivity index (χ4n) is 3.47. The first-order valence-electron chi connectivity index (χ1n) is 7.53. The number of halogens is 2. The molecule has 0 radical (unpaired) electrons. The lowest BCUT2D eigenvalue weighted by atomic mass is 9.65. The molecule has 5 nitrogen and oxygen atoms in total. The Balaban J connectivity index is 1.60. The molecule has 4 rings (SSSR count). The first-order chi connectivity index (χ1) is 11.5. The molecule has 1 saturated carbocycles. The Morgan fingerprint density at radius 3 is 2.67 bits per heavy atom. The lowest BCUT2D eigenvalue weighted by molar-refractivity contribution is -0.125. The number of aromatic nitrogens is 1. The molecule has 2 aliphatic rings. The van der Waals surface area contributed by atoms with Crippen LogP contribution in [0.2, 0.25) is 5.02 Å². The van der Waals surface area contributed by atoms with Crippen molar-refractivity contribution in [3.05, 3.63) is 59.1 Å². The van der Waals surface area contributed by atoms with Gasteiger partial charge in [0.2, 0.25) is 5.95 Å². The topological polar surface area (TPSA) is 62.3 Å². The Kier molecular flexibility index (Phi) is 3.31. The molecule has 1 spiro atoms. The molecule has 2 aromatic rings. The minimum atomic E-state index is -0.983. The summed E-state index contributed by atoms with van der Waals surface area (Å²) in [5, 5.41) is 3.35. The number of nitrogens with zero attached hydrogens (tertiary/aromatic N) is 2. The van der Waals surface area contributed by atoms with Gasteiger partial charge in [0, 0.05) is 11.2 Å². The number of urea groups is 1.